The number of alkyl halides is 1. The molecule has 1 rings (SSSR count). The van der Waals surface area contributed by atoms with Crippen LogP contribution in [0.5, 0.6) is 0 Å². The predicted octanol–water partition coefficient (Wildman–Crippen LogP) is 3.73. The highest BCUT2D eigenvalue weighted by Gasteiger charge is 2.11. The van der Waals surface area contributed by atoms with E-state index in [0.717, 1.165) is 19.3 Å². The fourth-order valence-corrected chi connectivity index (χ4v) is 1.91. The lowest BCUT2D eigenvalue weighted by atomic mass is 10.2. The summed E-state index contributed by atoms with van der Waals surface area (Å²) in [5, 5.41) is 2.68. The fraction of sp³-hybridized carbons (Fsp3) is 0.417. The molecule has 0 atom stereocenters. The van der Waals surface area contributed by atoms with Gasteiger partial charge >= 0.3 is 0 Å². The molecule has 0 aromatic heterocycles. The van der Waals surface area contributed by atoms with E-state index in [9.17, 15) is 9.18 Å². The van der Waals surface area contributed by atoms with Crippen LogP contribution in [0.2, 0.25) is 0 Å². The zero-order valence-electron chi connectivity index (χ0n) is 9.31. The SMILES string of the molecule is O=C(NCCCCCCl)c1cc(Br)ccc1F. The van der Waals surface area contributed by atoms with Crippen LogP contribution in [0, 0.1) is 5.82 Å². The number of amides is 1. The predicted molar refractivity (Wildman–Crippen MR) is 71.0 cm³/mol. The third-order valence-electron chi connectivity index (χ3n) is 2.27. The molecule has 1 aromatic rings. The zero-order chi connectivity index (χ0) is 12.7. The number of nitrogens with one attached hydrogen (secondary N) is 1. The van der Waals surface area contributed by atoms with Gasteiger partial charge in [-0.25, -0.2) is 4.39 Å². The van der Waals surface area contributed by atoms with Crippen LogP contribution >= 0.6 is 27.5 Å². The highest BCUT2D eigenvalue weighted by Crippen LogP contribution is 2.15. The Labute approximate surface area is 114 Å². The summed E-state index contributed by atoms with van der Waals surface area (Å²) in [7, 11) is 0. The Bertz CT molecular complexity index is 387. The third-order valence-corrected chi connectivity index (χ3v) is 3.03. The van der Waals surface area contributed by atoms with Crippen molar-refractivity contribution >= 4 is 33.4 Å². The van der Waals surface area contributed by atoms with Crippen LogP contribution < -0.4 is 5.32 Å². The van der Waals surface area contributed by atoms with Crippen molar-refractivity contribution in [2.45, 2.75) is 19.3 Å². The average molecular weight is 323 g/mol. The summed E-state index contributed by atoms with van der Waals surface area (Å²) in [5.74, 6) is -0.255. The van der Waals surface area contributed by atoms with Crippen molar-refractivity contribution in [1.29, 1.82) is 0 Å². The van der Waals surface area contributed by atoms with Crippen LogP contribution in [0.1, 0.15) is 29.6 Å². The number of hydrogen-bond acceptors (Lipinski definition) is 1. The lowest BCUT2D eigenvalue weighted by Crippen LogP contribution is -2.25. The number of hydrogen-bond donors (Lipinski definition) is 1. The van der Waals surface area contributed by atoms with Gasteiger partial charge in [-0.15, -0.1) is 11.6 Å². The summed E-state index contributed by atoms with van der Waals surface area (Å²) in [6.45, 7) is 0.543. The minimum absolute atomic E-state index is 0.0664. The summed E-state index contributed by atoms with van der Waals surface area (Å²) in [4.78, 5) is 11.7. The van der Waals surface area contributed by atoms with Gasteiger partial charge in [-0.2, -0.15) is 0 Å². The molecule has 5 heteroatoms. The van der Waals surface area contributed by atoms with Crippen LogP contribution in [0.15, 0.2) is 22.7 Å². The Morgan fingerprint density at radius 2 is 2.12 bits per heavy atom. The molecule has 0 saturated heterocycles. The number of carbonyl (C=O) groups is 1. The Morgan fingerprint density at radius 1 is 1.35 bits per heavy atom. The molecule has 0 aliphatic rings. The van der Waals surface area contributed by atoms with E-state index in [1.54, 1.807) is 6.07 Å². The van der Waals surface area contributed by atoms with Gasteiger partial charge in [0.1, 0.15) is 5.82 Å². The molecular weight excluding hydrogens is 308 g/mol. The largest absolute Gasteiger partial charge is 0.352 e. The first-order valence-electron chi connectivity index (χ1n) is 5.44. The summed E-state index contributed by atoms with van der Waals surface area (Å²) in [5.41, 5.74) is 0.0664. The van der Waals surface area contributed by atoms with Crippen molar-refractivity contribution in [3.05, 3.63) is 34.1 Å². The van der Waals surface area contributed by atoms with Gasteiger partial charge in [0.25, 0.3) is 5.91 Å². The Morgan fingerprint density at radius 3 is 2.82 bits per heavy atom. The summed E-state index contributed by atoms with van der Waals surface area (Å²) < 4.78 is 14.0. The first-order chi connectivity index (χ1) is 8.15. The van der Waals surface area contributed by atoms with E-state index in [4.69, 9.17) is 11.6 Å². The molecule has 0 aliphatic carbocycles. The molecular formula is C12H14BrClFNO. The van der Waals surface area contributed by atoms with Crippen LogP contribution in [0.25, 0.3) is 0 Å². The van der Waals surface area contributed by atoms with E-state index in [2.05, 4.69) is 21.2 Å². The Kier molecular flexibility index (Phi) is 6.52. The van der Waals surface area contributed by atoms with E-state index in [-0.39, 0.29) is 11.5 Å². The first kappa shape index (κ1) is 14.5. The monoisotopic (exact) mass is 321 g/mol. The van der Waals surface area contributed by atoms with E-state index in [1.807, 2.05) is 0 Å². The van der Waals surface area contributed by atoms with Crippen LogP contribution in [-0.2, 0) is 0 Å². The summed E-state index contributed by atoms with van der Waals surface area (Å²) >= 11 is 8.74. The molecule has 0 saturated carbocycles. The third kappa shape index (κ3) is 5.04. The number of unbranched alkanes of at least 4 members (excludes halogenated alkanes) is 2. The highest BCUT2D eigenvalue weighted by molar-refractivity contribution is 9.10. The Hall–Kier alpha value is -0.610. The topological polar surface area (TPSA) is 29.1 Å². The smallest absolute Gasteiger partial charge is 0.254 e. The molecule has 2 nitrogen and oxygen atoms in total. The van der Waals surface area contributed by atoms with Gasteiger partial charge in [-0.05, 0) is 31.0 Å². The maximum Gasteiger partial charge on any atom is 0.254 e. The fourth-order valence-electron chi connectivity index (χ4n) is 1.36. The minimum atomic E-state index is -0.508. The average Bonchev–Trinajstić information content (AvgIpc) is 2.32. The molecule has 1 aromatic carbocycles. The van der Waals surface area contributed by atoms with Gasteiger partial charge in [0.05, 0.1) is 5.56 Å². The summed E-state index contributed by atoms with van der Waals surface area (Å²) in [6, 6.07) is 4.31. The van der Waals surface area contributed by atoms with Gasteiger partial charge in [0.2, 0.25) is 0 Å². The Balaban J connectivity index is 2.44. The van der Waals surface area contributed by atoms with E-state index in [0.29, 0.717) is 16.9 Å². The maximum absolute atomic E-state index is 13.4. The molecule has 0 aliphatic heterocycles. The molecule has 0 fully saturated rings. The minimum Gasteiger partial charge on any atom is -0.352 e. The standard InChI is InChI=1S/C12H14BrClFNO/c13-9-4-5-11(15)10(8-9)12(17)16-7-3-1-2-6-14/h4-5,8H,1-3,6-7H2,(H,16,17). The van der Waals surface area contributed by atoms with Crippen LogP contribution in [0.3, 0.4) is 0 Å². The van der Waals surface area contributed by atoms with Crippen molar-refractivity contribution in [1.82, 2.24) is 5.32 Å². The second-order valence-corrected chi connectivity index (χ2v) is 4.92. The number of carbonyl (C=O) groups excluding carboxylic acids is 1. The number of rotatable bonds is 6. The molecule has 0 bridgehead atoms. The first-order valence-corrected chi connectivity index (χ1v) is 6.77. The van der Waals surface area contributed by atoms with Gasteiger partial charge in [0, 0.05) is 16.9 Å². The van der Waals surface area contributed by atoms with E-state index in [1.165, 1.54) is 12.1 Å². The summed E-state index contributed by atoms with van der Waals surface area (Å²) in [6.07, 6.45) is 2.75. The normalized spacial score (nSPS) is 10.3. The van der Waals surface area contributed by atoms with Gasteiger partial charge < -0.3 is 5.32 Å². The van der Waals surface area contributed by atoms with E-state index < -0.39 is 5.82 Å². The van der Waals surface area contributed by atoms with Gasteiger partial charge in [-0.3, -0.25) is 4.79 Å². The molecule has 17 heavy (non-hydrogen) atoms. The molecule has 94 valence electrons. The maximum atomic E-state index is 13.4. The molecule has 1 amide bonds. The molecule has 1 N–H and O–H groups in total. The molecule has 0 radical (unpaired) electrons. The van der Waals surface area contributed by atoms with Crippen molar-refractivity contribution < 1.29 is 9.18 Å². The second-order valence-electron chi connectivity index (χ2n) is 3.63. The van der Waals surface area contributed by atoms with E-state index >= 15 is 0 Å². The lowest BCUT2D eigenvalue weighted by Gasteiger charge is -2.06. The molecule has 0 unspecified atom stereocenters. The van der Waals surface area contributed by atoms with Crippen molar-refractivity contribution in [3.8, 4) is 0 Å². The van der Waals surface area contributed by atoms with Gasteiger partial charge in [-0.1, -0.05) is 22.4 Å². The number of halogens is 3. The van der Waals surface area contributed by atoms with Crippen LogP contribution in [-0.4, -0.2) is 18.3 Å². The number of benzene rings is 1. The molecule has 0 spiro atoms. The van der Waals surface area contributed by atoms with Crippen LogP contribution in [0.4, 0.5) is 4.39 Å². The van der Waals surface area contributed by atoms with Crippen molar-refractivity contribution in [2.75, 3.05) is 12.4 Å². The van der Waals surface area contributed by atoms with Gasteiger partial charge in [0.15, 0.2) is 0 Å². The second kappa shape index (κ2) is 7.67. The van der Waals surface area contributed by atoms with Crippen molar-refractivity contribution in [3.63, 3.8) is 0 Å². The zero-order valence-corrected chi connectivity index (χ0v) is 11.7. The lowest BCUT2D eigenvalue weighted by molar-refractivity contribution is 0.0949. The quantitative estimate of drug-likeness (QED) is 0.627. The van der Waals surface area contributed by atoms with Crippen molar-refractivity contribution in [2.24, 2.45) is 0 Å². The highest BCUT2D eigenvalue weighted by atomic mass is 79.9. The molecule has 0 heterocycles.